The van der Waals surface area contributed by atoms with Crippen LogP contribution in [0.2, 0.25) is 0 Å². The largest absolute Gasteiger partial charge is 0.363 e. The van der Waals surface area contributed by atoms with Crippen LogP contribution in [0.3, 0.4) is 0 Å². The first kappa shape index (κ1) is 16.1. The van der Waals surface area contributed by atoms with Gasteiger partial charge < -0.3 is 10.2 Å². The van der Waals surface area contributed by atoms with Gasteiger partial charge in [0.15, 0.2) is 11.6 Å². The van der Waals surface area contributed by atoms with E-state index in [4.69, 9.17) is 0 Å². The topological polar surface area (TPSA) is 58.1 Å². The predicted molar refractivity (Wildman–Crippen MR) is 86.6 cm³/mol. The molecule has 1 aromatic heterocycles. The Kier molecular flexibility index (Phi) is 5.08. The zero-order chi connectivity index (χ0) is 16.2. The Labute approximate surface area is 136 Å². The molecule has 1 amide bonds. The van der Waals surface area contributed by atoms with Gasteiger partial charge in [0.05, 0.1) is 5.69 Å². The number of hydrogen-bond acceptors (Lipinski definition) is 4. The van der Waals surface area contributed by atoms with Crippen molar-refractivity contribution in [3.8, 4) is 0 Å². The van der Waals surface area contributed by atoms with E-state index in [1.807, 2.05) is 11.8 Å². The molecule has 2 fully saturated rings. The maximum atomic E-state index is 14.2. The number of aryl methyl sites for hydroxylation is 1. The number of halogens is 1. The predicted octanol–water partition coefficient (Wildman–Crippen LogP) is 2.77. The number of rotatable bonds is 4. The van der Waals surface area contributed by atoms with Crippen molar-refractivity contribution in [1.29, 1.82) is 0 Å². The van der Waals surface area contributed by atoms with E-state index in [-0.39, 0.29) is 29.5 Å². The minimum absolute atomic E-state index is 0.0663. The van der Waals surface area contributed by atoms with Crippen LogP contribution in [0.5, 0.6) is 0 Å². The van der Waals surface area contributed by atoms with Gasteiger partial charge in [-0.1, -0.05) is 26.2 Å². The average molecular weight is 320 g/mol. The molecule has 6 heteroatoms. The van der Waals surface area contributed by atoms with Crippen molar-refractivity contribution in [3.05, 3.63) is 17.8 Å². The third-order valence-electron chi connectivity index (χ3n) is 4.99. The molecule has 1 atom stereocenters. The monoisotopic (exact) mass is 320 g/mol. The summed E-state index contributed by atoms with van der Waals surface area (Å²) in [4.78, 5) is 22.5. The molecular formula is C17H25FN4O. The lowest BCUT2D eigenvalue weighted by Crippen LogP contribution is -2.37. The molecule has 1 unspecified atom stereocenters. The van der Waals surface area contributed by atoms with Crippen molar-refractivity contribution in [2.24, 2.45) is 5.92 Å². The zero-order valence-electron chi connectivity index (χ0n) is 13.7. The summed E-state index contributed by atoms with van der Waals surface area (Å²) in [6.07, 6.45) is 8.39. The van der Waals surface area contributed by atoms with E-state index in [0.29, 0.717) is 18.7 Å². The van der Waals surface area contributed by atoms with Gasteiger partial charge in [-0.15, -0.1) is 0 Å². The minimum atomic E-state index is -0.368. The third kappa shape index (κ3) is 3.62. The second-order valence-corrected chi connectivity index (χ2v) is 6.59. The lowest BCUT2D eigenvalue weighted by atomic mass is 9.88. The quantitative estimate of drug-likeness (QED) is 0.927. The highest BCUT2D eigenvalue weighted by Crippen LogP contribution is 2.27. The van der Waals surface area contributed by atoms with Crippen LogP contribution in [0.15, 0.2) is 6.33 Å². The van der Waals surface area contributed by atoms with Crippen molar-refractivity contribution in [3.63, 3.8) is 0 Å². The van der Waals surface area contributed by atoms with Gasteiger partial charge in [-0.3, -0.25) is 4.79 Å². The first-order chi connectivity index (χ1) is 11.2. The van der Waals surface area contributed by atoms with Gasteiger partial charge in [0.25, 0.3) is 0 Å². The van der Waals surface area contributed by atoms with Crippen LogP contribution in [0.4, 0.5) is 10.2 Å². The molecule has 126 valence electrons. The number of carbonyl (C=O) groups is 1. The molecular weight excluding hydrogens is 295 g/mol. The van der Waals surface area contributed by atoms with Crippen molar-refractivity contribution in [2.75, 3.05) is 18.4 Å². The highest BCUT2D eigenvalue weighted by molar-refractivity contribution is 5.79. The molecule has 0 spiro atoms. The Morgan fingerprint density at radius 2 is 2.09 bits per heavy atom. The minimum Gasteiger partial charge on any atom is -0.363 e. The van der Waals surface area contributed by atoms with Crippen LogP contribution in [0.25, 0.3) is 0 Å². The molecule has 2 heterocycles. The molecule has 1 aromatic rings. The normalized spacial score (nSPS) is 22.3. The smallest absolute Gasteiger partial charge is 0.225 e. The summed E-state index contributed by atoms with van der Waals surface area (Å²) in [6, 6.07) is 0.0663. The van der Waals surface area contributed by atoms with E-state index in [2.05, 4.69) is 15.3 Å². The van der Waals surface area contributed by atoms with Gasteiger partial charge in [-0.2, -0.15) is 0 Å². The standard InChI is InChI=1S/C17H25FN4O/c1-2-14-15(18)16(20-11-19-14)21-13-8-9-22(10-13)17(23)12-6-4-3-5-7-12/h11-13H,2-10H2,1H3,(H,19,20,21). The molecule has 0 aromatic carbocycles. The van der Waals surface area contributed by atoms with E-state index in [1.165, 1.54) is 12.7 Å². The Morgan fingerprint density at radius 1 is 1.30 bits per heavy atom. The van der Waals surface area contributed by atoms with Crippen molar-refractivity contribution >= 4 is 11.7 Å². The summed E-state index contributed by atoms with van der Waals surface area (Å²) in [5, 5.41) is 3.15. The van der Waals surface area contributed by atoms with Crippen LogP contribution in [0, 0.1) is 11.7 Å². The molecule has 0 radical (unpaired) electrons. The summed E-state index contributed by atoms with van der Waals surface area (Å²) in [5.74, 6) is 0.372. The average Bonchev–Trinajstić information content (AvgIpc) is 3.05. The van der Waals surface area contributed by atoms with E-state index < -0.39 is 0 Å². The van der Waals surface area contributed by atoms with Gasteiger partial charge in [-0.25, -0.2) is 14.4 Å². The summed E-state index contributed by atoms with van der Waals surface area (Å²) >= 11 is 0. The molecule has 3 rings (SSSR count). The summed E-state index contributed by atoms with van der Waals surface area (Å²) in [5.41, 5.74) is 0.427. The number of carbonyl (C=O) groups excluding carboxylic acids is 1. The van der Waals surface area contributed by atoms with E-state index in [1.54, 1.807) is 0 Å². The molecule has 5 nitrogen and oxygen atoms in total. The van der Waals surface area contributed by atoms with Gasteiger partial charge in [0.2, 0.25) is 5.91 Å². The third-order valence-corrected chi connectivity index (χ3v) is 4.99. The number of likely N-dealkylation sites (tertiary alicyclic amines) is 1. The van der Waals surface area contributed by atoms with E-state index in [9.17, 15) is 9.18 Å². The fourth-order valence-corrected chi connectivity index (χ4v) is 3.63. The molecule has 2 aliphatic rings. The number of nitrogens with one attached hydrogen (secondary N) is 1. The second kappa shape index (κ2) is 7.23. The Hall–Kier alpha value is -1.72. The van der Waals surface area contributed by atoms with Crippen molar-refractivity contribution in [2.45, 2.75) is 57.9 Å². The number of aromatic nitrogens is 2. The highest BCUT2D eigenvalue weighted by Gasteiger charge is 2.32. The van der Waals surface area contributed by atoms with Gasteiger partial charge in [0, 0.05) is 25.0 Å². The summed E-state index contributed by atoms with van der Waals surface area (Å²) < 4.78 is 14.2. The van der Waals surface area contributed by atoms with Crippen molar-refractivity contribution in [1.82, 2.24) is 14.9 Å². The van der Waals surface area contributed by atoms with Crippen LogP contribution < -0.4 is 5.32 Å². The van der Waals surface area contributed by atoms with Crippen LogP contribution >= 0.6 is 0 Å². The second-order valence-electron chi connectivity index (χ2n) is 6.59. The SMILES string of the molecule is CCc1ncnc(NC2CCN(C(=O)C3CCCCC3)C2)c1F. The maximum Gasteiger partial charge on any atom is 0.225 e. The van der Waals surface area contributed by atoms with Crippen LogP contribution in [0.1, 0.15) is 51.1 Å². The fraction of sp³-hybridized carbons (Fsp3) is 0.706. The zero-order valence-corrected chi connectivity index (χ0v) is 13.7. The number of hydrogen-bond donors (Lipinski definition) is 1. The Morgan fingerprint density at radius 3 is 2.83 bits per heavy atom. The number of amides is 1. The molecule has 1 saturated heterocycles. The fourth-order valence-electron chi connectivity index (χ4n) is 3.63. The summed E-state index contributed by atoms with van der Waals surface area (Å²) in [6.45, 7) is 3.26. The van der Waals surface area contributed by atoms with Crippen molar-refractivity contribution < 1.29 is 9.18 Å². The van der Waals surface area contributed by atoms with E-state index >= 15 is 0 Å². The van der Waals surface area contributed by atoms with Crippen LogP contribution in [-0.4, -0.2) is 39.9 Å². The van der Waals surface area contributed by atoms with Gasteiger partial charge in [-0.05, 0) is 25.7 Å². The number of anilines is 1. The van der Waals surface area contributed by atoms with Gasteiger partial charge in [0.1, 0.15) is 6.33 Å². The summed E-state index contributed by atoms with van der Waals surface area (Å²) in [7, 11) is 0. The first-order valence-corrected chi connectivity index (χ1v) is 8.73. The lowest BCUT2D eigenvalue weighted by Gasteiger charge is -2.26. The molecule has 1 N–H and O–H groups in total. The van der Waals surface area contributed by atoms with Gasteiger partial charge >= 0.3 is 0 Å². The Balaban J connectivity index is 1.58. The molecule has 1 aliphatic heterocycles. The Bertz CT molecular complexity index is 560. The van der Waals surface area contributed by atoms with Crippen LogP contribution in [-0.2, 0) is 11.2 Å². The van der Waals surface area contributed by atoms with E-state index in [0.717, 1.165) is 38.6 Å². The maximum absolute atomic E-state index is 14.2. The lowest BCUT2D eigenvalue weighted by molar-refractivity contribution is -0.135. The molecule has 23 heavy (non-hydrogen) atoms. The first-order valence-electron chi connectivity index (χ1n) is 8.73. The molecule has 1 aliphatic carbocycles. The number of nitrogens with zero attached hydrogens (tertiary/aromatic N) is 3. The molecule has 1 saturated carbocycles. The highest BCUT2D eigenvalue weighted by atomic mass is 19.1. The molecule has 0 bridgehead atoms.